The molecular formula is C8H7Br2O. The van der Waals surface area contributed by atoms with Gasteiger partial charge in [-0.15, -0.1) is 0 Å². The van der Waals surface area contributed by atoms with Gasteiger partial charge < -0.3 is 0 Å². The molecule has 0 saturated carbocycles. The second-order valence-electron chi connectivity index (χ2n) is 2.15. The van der Waals surface area contributed by atoms with Crippen LogP contribution in [0.2, 0.25) is 0 Å². The van der Waals surface area contributed by atoms with E-state index < -0.39 is 0 Å². The molecule has 0 amide bonds. The van der Waals surface area contributed by atoms with E-state index >= 15 is 0 Å². The van der Waals surface area contributed by atoms with Crippen molar-refractivity contribution in [1.29, 1.82) is 0 Å². The summed E-state index contributed by atoms with van der Waals surface area (Å²) in [5.41, 5.74) is 1.06. The highest BCUT2D eigenvalue weighted by atomic mass is 79.9. The van der Waals surface area contributed by atoms with Crippen molar-refractivity contribution >= 4 is 31.9 Å². The van der Waals surface area contributed by atoms with Crippen molar-refractivity contribution < 1.29 is 5.11 Å². The molecule has 1 aromatic carbocycles. The molecule has 3 heteroatoms. The number of rotatable bonds is 2. The Morgan fingerprint density at radius 3 is 2.18 bits per heavy atom. The minimum absolute atomic E-state index is 0.0682. The first kappa shape index (κ1) is 9.23. The van der Waals surface area contributed by atoms with Crippen molar-refractivity contribution in [2.45, 2.75) is 6.42 Å². The minimum Gasteiger partial charge on any atom is -0.236 e. The molecule has 0 aliphatic rings. The molecule has 0 aliphatic carbocycles. The van der Waals surface area contributed by atoms with Crippen molar-refractivity contribution in [1.82, 2.24) is 0 Å². The van der Waals surface area contributed by atoms with Crippen LogP contribution in [-0.2, 0) is 11.5 Å². The molecule has 1 radical (unpaired) electrons. The third kappa shape index (κ3) is 2.29. The van der Waals surface area contributed by atoms with E-state index in [9.17, 15) is 5.11 Å². The third-order valence-electron chi connectivity index (χ3n) is 1.41. The van der Waals surface area contributed by atoms with Gasteiger partial charge in [0.1, 0.15) is 0 Å². The molecule has 0 spiro atoms. The van der Waals surface area contributed by atoms with Crippen LogP contribution in [0.25, 0.3) is 0 Å². The Balaban J connectivity index is 3.00. The van der Waals surface area contributed by atoms with E-state index in [2.05, 4.69) is 31.9 Å². The summed E-state index contributed by atoms with van der Waals surface area (Å²) in [7, 11) is 0. The minimum atomic E-state index is -0.0682. The van der Waals surface area contributed by atoms with Gasteiger partial charge in [0, 0.05) is 15.4 Å². The van der Waals surface area contributed by atoms with Gasteiger partial charge in [0.2, 0.25) is 0 Å². The molecule has 0 atom stereocenters. The van der Waals surface area contributed by atoms with Crippen molar-refractivity contribution in [3.8, 4) is 0 Å². The molecule has 0 aliphatic heterocycles. The quantitative estimate of drug-likeness (QED) is 0.792. The lowest BCUT2D eigenvalue weighted by atomic mass is 10.2. The second kappa shape index (κ2) is 4.24. The Morgan fingerprint density at radius 1 is 1.18 bits per heavy atom. The van der Waals surface area contributed by atoms with Crippen LogP contribution in [0.4, 0.5) is 0 Å². The number of hydrogen-bond donors (Lipinski definition) is 0. The molecule has 1 rings (SSSR count). The Bertz CT molecular complexity index is 228. The standard InChI is InChI=1S/C8H7Br2O/c9-7-2-1-3-8(10)6(7)4-5-11/h1-3H,4-5H2. The normalized spacial score (nSPS) is 10.1. The lowest BCUT2D eigenvalue weighted by molar-refractivity contribution is 0.197. The molecule has 0 N–H and O–H groups in total. The van der Waals surface area contributed by atoms with E-state index in [1.807, 2.05) is 18.2 Å². The summed E-state index contributed by atoms with van der Waals surface area (Å²) in [5.74, 6) is 0. The van der Waals surface area contributed by atoms with Crippen LogP contribution in [0.3, 0.4) is 0 Å². The predicted molar refractivity (Wildman–Crippen MR) is 51.1 cm³/mol. The lowest BCUT2D eigenvalue weighted by Crippen LogP contribution is -1.91. The fourth-order valence-corrected chi connectivity index (χ4v) is 2.27. The molecule has 1 aromatic rings. The number of hydrogen-bond acceptors (Lipinski definition) is 0. The summed E-state index contributed by atoms with van der Waals surface area (Å²) in [4.78, 5) is 0. The Labute approximate surface area is 82.7 Å². The van der Waals surface area contributed by atoms with E-state index in [1.165, 1.54) is 0 Å². The SMILES string of the molecule is [O]CCc1c(Br)cccc1Br. The van der Waals surface area contributed by atoms with Gasteiger partial charge in [0.05, 0.1) is 6.61 Å². The highest BCUT2D eigenvalue weighted by Gasteiger charge is 2.02. The van der Waals surface area contributed by atoms with Crippen molar-refractivity contribution in [3.63, 3.8) is 0 Å². The van der Waals surface area contributed by atoms with Gasteiger partial charge in [-0.25, -0.2) is 5.11 Å². The molecule has 0 heterocycles. The first-order valence-electron chi connectivity index (χ1n) is 3.26. The molecule has 0 bridgehead atoms. The average molecular weight is 279 g/mol. The van der Waals surface area contributed by atoms with Crippen molar-refractivity contribution in [3.05, 3.63) is 32.7 Å². The average Bonchev–Trinajstić information content (AvgIpc) is 1.97. The van der Waals surface area contributed by atoms with Crippen LogP contribution in [-0.4, -0.2) is 6.61 Å². The molecule has 11 heavy (non-hydrogen) atoms. The van der Waals surface area contributed by atoms with Crippen LogP contribution in [0.15, 0.2) is 27.1 Å². The summed E-state index contributed by atoms with van der Waals surface area (Å²) in [6, 6.07) is 5.81. The molecular weight excluding hydrogens is 272 g/mol. The Morgan fingerprint density at radius 2 is 1.73 bits per heavy atom. The van der Waals surface area contributed by atoms with E-state index in [-0.39, 0.29) is 6.61 Å². The maximum atomic E-state index is 10.4. The van der Waals surface area contributed by atoms with Gasteiger partial charge in [0.25, 0.3) is 0 Å². The summed E-state index contributed by atoms with van der Waals surface area (Å²) < 4.78 is 2.01. The van der Waals surface area contributed by atoms with Gasteiger partial charge in [0.15, 0.2) is 0 Å². The van der Waals surface area contributed by atoms with Crippen molar-refractivity contribution in [2.24, 2.45) is 0 Å². The smallest absolute Gasteiger partial charge is 0.0863 e. The third-order valence-corrected chi connectivity index (χ3v) is 2.90. The van der Waals surface area contributed by atoms with Crippen LogP contribution in [0.1, 0.15) is 5.56 Å². The topological polar surface area (TPSA) is 19.9 Å². The molecule has 0 unspecified atom stereocenters. The molecule has 1 nitrogen and oxygen atoms in total. The van der Waals surface area contributed by atoms with Gasteiger partial charge >= 0.3 is 0 Å². The van der Waals surface area contributed by atoms with Crippen LogP contribution < -0.4 is 0 Å². The molecule has 0 fully saturated rings. The monoisotopic (exact) mass is 277 g/mol. The van der Waals surface area contributed by atoms with E-state index in [1.54, 1.807) is 0 Å². The maximum Gasteiger partial charge on any atom is 0.0863 e. The zero-order valence-corrected chi connectivity index (χ0v) is 8.98. The van der Waals surface area contributed by atoms with Gasteiger partial charge in [-0.05, 0) is 17.7 Å². The number of halogens is 2. The Hall–Kier alpha value is 0.140. The largest absolute Gasteiger partial charge is 0.236 e. The summed E-state index contributed by atoms with van der Waals surface area (Å²) in [5, 5.41) is 10.4. The van der Waals surface area contributed by atoms with Crippen LogP contribution >= 0.6 is 31.9 Å². The molecule has 0 aromatic heterocycles. The van der Waals surface area contributed by atoms with E-state index in [0.717, 1.165) is 14.5 Å². The van der Waals surface area contributed by atoms with Crippen LogP contribution in [0, 0.1) is 0 Å². The van der Waals surface area contributed by atoms with E-state index in [0.29, 0.717) is 6.42 Å². The van der Waals surface area contributed by atoms with Gasteiger partial charge in [-0.2, -0.15) is 0 Å². The zero-order chi connectivity index (χ0) is 8.27. The first-order chi connectivity index (χ1) is 5.25. The van der Waals surface area contributed by atoms with Crippen LogP contribution in [0.5, 0.6) is 0 Å². The molecule has 0 saturated heterocycles. The van der Waals surface area contributed by atoms with Gasteiger partial charge in [-0.1, -0.05) is 37.9 Å². The summed E-state index contributed by atoms with van der Waals surface area (Å²) in [6.07, 6.45) is 0.571. The lowest BCUT2D eigenvalue weighted by Gasteiger charge is -2.03. The predicted octanol–water partition coefficient (Wildman–Crippen LogP) is 3.18. The summed E-state index contributed by atoms with van der Waals surface area (Å²) >= 11 is 6.76. The highest BCUT2D eigenvalue weighted by molar-refractivity contribution is 9.11. The van der Waals surface area contributed by atoms with Gasteiger partial charge in [-0.3, -0.25) is 0 Å². The first-order valence-corrected chi connectivity index (χ1v) is 4.85. The van der Waals surface area contributed by atoms with Crippen molar-refractivity contribution in [2.75, 3.05) is 6.61 Å². The maximum absolute atomic E-state index is 10.4. The summed E-state index contributed by atoms with van der Waals surface area (Å²) in [6.45, 7) is -0.0682. The Kier molecular flexibility index (Phi) is 3.55. The zero-order valence-electron chi connectivity index (χ0n) is 5.81. The number of benzene rings is 1. The fraction of sp³-hybridized carbons (Fsp3) is 0.250. The second-order valence-corrected chi connectivity index (χ2v) is 3.86. The molecule has 59 valence electrons. The highest BCUT2D eigenvalue weighted by Crippen LogP contribution is 2.25. The van der Waals surface area contributed by atoms with E-state index in [4.69, 9.17) is 0 Å². The fourth-order valence-electron chi connectivity index (χ4n) is 0.873.